The quantitative estimate of drug-likeness (QED) is 0.298. The second-order valence-electron chi connectivity index (χ2n) is 5.14. The van der Waals surface area contributed by atoms with Gasteiger partial charge in [-0.2, -0.15) is 0 Å². The predicted octanol–water partition coefficient (Wildman–Crippen LogP) is 4.53. The van der Waals surface area contributed by atoms with Crippen molar-refractivity contribution < 1.29 is 4.74 Å². The summed E-state index contributed by atoms with van der Waals surface area (Å²) < 4.78 is 1.02. The molecule has 0 aliphatic carbocycles. The predicted molar refractivity (Wildman–Crippen MR) is 87.6 cm³/mol. The Morgan fingerprint density at radius 3 is 2.33 bits per heavy atom. The Morgan fingerprint density at radius 2 is 1.52 bits per heavy atom. The van der Waals surface area contributed by atoms with Gasteiger partial charge in [-0.1, -0.05) is 60.7 Å². The van der Waals surface area contributed by atoms with E-state index >= 15 is 0 Å². The van der Waals surface area contributed by atoms with Crippen LogP contribution in [0.1, 0.15) is 24.1 Å². The van der Waals surface area contributed by atoms with Crippen LogP contribution in [0.4, 0.5) is 0 Å². The Labute approximate surface area is 124 Å². The first kappa shape index (κ1) is 13.4. The lowest BCUT2D eigenvalue weighted by atomic mass is 10.00. The fourth-order valence-corrected chi connectivity index (χ4v) is 2.55. The summed E-state index contributed by atoms with van der Waals surface area (Å²) in [4.78, 5) is 0. The minimum Gasteiger partial charge on any atom is -0.623 e. The van der Waals surface area contributed by atoms with Gasteiger partial charge in [-0.3, -0.25) is 0 Å². The molecule has 0 unspecified atom stereocenters. The second-order valence-corrected chi connectivity index (χ2v) is 5.14. The zero-order chi connectivity index (χ0) is 14.7. The molecule has 3 aromatic rings. The van der Waals surface area contributed by atoms with Crippen molar-refractivity contribution in [1.82, 2.24) is 0 Å². The molecule has 0 saturated heterocycles. The van der Waals surface area contributed by atoms with E-state index in [9.17, 15) is 5.21 Å². The van der Waals surface area contributed by atoms with Crippen LogP contribution in [-0.4, -0.2) is 11.0 Å². The largest absolute Gasteiger partial charge is 0.623 e. The van der Waals surface area contributed by atoms with E-state index in [1.807, 2.05) is 61.5 Å². The number of hydroxylamine groups is 1. The Kier molecular flexibility index (Phi) is 3.69. The second kappa shape index (κ2) is 5.80. The van der Waals surface area contributed by atoms with Gasteiger partial charge in [0.1, 0.15) is 0 Å². The molecular weight excluding hydrogens is 258 g/mol. The van der Waals surface area contributed by atoms with Gasteiger partial charge in [-0.05, 0) is 22.9 Å². The highest BCUT2D eigenvalue weighted by molar-refractivity contribution is 5.86. The van der Waals surface area contributed by atoms with Crippen molar-refractivity contribution in [3.05, 3.63) is 89.1 Å². The van der Waals surface area contributed by atoms with Crippen LogP contribution in [0.2, 0.25) is 0 Å². The van der Waals surface area contributed by atoms with E-state index in [2.05, 4.69) is 18.2 Å². The average Bonchev–Trinajstić information content (AvgIpc) is 2.54. The van der Waals surface area contributed by atoms with Gasteiger partial charge in [-0.15, -0.1) is 0 Å². The third-order valence-corrected chi connectivity index (χ3v) is 3.73. The zero-order valence-corrected chi connectivity index (χ0v) is 11.9. The van der Waals surface area contributed by atoms with E-state index in [0.717, 1.165) is 26.6 Å². The molecule has 0 bridgehead atoms. The Bertz CT molecular complexity index is 772. The molecule has 2 nitrogen and oxygen atoms in total. The first-order valence-electron chi connectivity index (χ1n) is 7.09. The minimum absolute atomic E-state index is 0.226. The summed E-state index contributed by atoms with van der Waals surface area (Å²) in [6.07, 6.45) is 1.65. The number of nitrogens with zero attached hydrogens (tertiary/aromatic N) is 1. The van der Waals surface area contributed by atoms with Gasteiger partial charge < -0.3 is 5.21 Å². The van der Waals surface area contributed by atoms with E-state index in [4.69, 9.17) is 0 Å². The van der Waals surface area contributed by atoms with E-state index in [0.29, 0.717) is 0 Å². The van der Waals surface area contributed by atoms with Crippen molar-refractivity contribution in [2.45, 2.75) is 13.0 Å². The Hall–Kier alpha value is -2.61. The summed E-state index contributed by atoms with van der Waals surface area (Å²) in [6, 6.07) is 23.7. The van der Waals surface area contributed by atoms with Gasteiger partial charge >= 0.3 is 0 Å². The smallest absolute Gasteiger partial charge is 0.186 e. The van der Waals surface area contributed by atoms with Crippen LogP contribution in [0, 0.1) is 5.21 Å². The van der Waals surface area contributed by atoms with E-state index < -0.39 is 0 Å². The summed E-state index contributed by atoms with van der Waals surface area (Å²) in [7, 11) is 0. The Morgan fingerprint density at radius 1 is 0.857 bits per heavy atom. The zero-order valence-electron chi connectivity index (χ0n) is 11.9. The number of rotatable bonds is 3. The molecule has 0 heterocycles. The van der Waals surface area contributed by atoms with Crippen molar-refractivity contribution in [3.63, 3.8) is 0 Å². The molecule has 0 aromatic heterocycles. The highest BCUT2D eigenvalue weighted by atomic mass is 16.5. The maximum Gasteiger partial charge on any atom is 0.186 e. The molecular formula is C19H17NO. The molecule has 0 fully saturated rings. The lowest BCUT2D eigenvalue weighted by molar-refractivity contribution is -0.497. The molecule has 0 N–H and O–H groups in total. The first-order valence-corrected chi connectivity index (χ1v) is 7.09. The van der Waals surface area contributed by atoms with Gasteiger partial charge in [0.2, 0.25) is 0 Å². The monoisotopic (exact) mass is 275 g/mol. The van der Waals surface area contributed by atoms with Gasteiger partial charge in [0.15, 0.2) is 12.3 Å². The van der Waals surface area contributed by atoms with Gasteiger partial charge in [0, 0.05) is 18.1 Å². The van der Waals surface area contributed by atoms with Crippen molar-refractivity contribution in [2.24, 2.45) is 0 Å². The molecule has 1 atom stereocenters. The standard InChI is InChI=1S/C19H17NO/c1-15(20(21)14-16-8-3-2-4-9-16)18-13-7-11-17-10-5-6-12-19(17)18/h2-15H,1H3/t15-/m0/s1. The minimum atomic E-state index is -0.226. The van der Waals surface area contributed by atoms with E-state index in [1.54, 1.807) is 6.21 Å². The van der Waals surface area contributed by atoms with Crippen LogP contribution in [-0.2, 0) is 0 Å². The van der Waals surface area contributed by atoms with E-state index in [-0.39, 0.29) is 6.04 Å². The molecule has 0 saturated carbocycles. The lowest BCUT2D eigenvalue weighted by Crippen LogP contribution is -2.12. The fraction of sp³-hybridized carbons (Fsp3) is 0.105. The topological polar surface area (TPSA) is 26.1 Å². The maximum absolute atomic E-state index is 12.4. The van der Waals surface area contributed by atoms with Crippen molar-refractivity contribution >= 4 is 17.0 Å². The number of hydrogen-bond acceptors (Lipinski definition) is 1. The fourth-order valence-electron chi connectivity index (χ4n) is 2.55. The molecule has 0 radical (unpaired) electrons. The lowest BCUT2D eigenvalue weighted by Gasteiger charge is -2.15. The van der Waals surface area contributed by atoms with Crippen LogP contribution in [0.25, 0.3) is 10.8 Å². The van der Waals surface area contributed by atoms with Gasteiger partial charge in [0.25, 0.3) is 0 Å². The number of benzene rings is 3. The molecule has 2 heteroatoms. The van der Waals surface area contributed by atoms with Crippen LogP contribution in [0.5, 0.6) is 0 Å². The SMILES string of the molecule is C[C@@H](c1cccc2ccccc12)[N+]([O-])=Cc1ccccc1. The summed E-state index contributed by atoms with van der Waals surface area (Å²) >= 11 is 0. The summed E-state index contributed by atoms with van der Waals surface area (Å²) in [5.41, 5.74) is 1.97. The van der Waals surface area contributed by atoms with E-state index in [1.165, 1.54) is 0 Å². The molecule has 0 spiro atoms. The Balaban J connectivity index is 2.01. The maximum atomic E-state index is 12.4. The van der Waals surface area contributed by atoms with Crippen molar-refractivity contribution in [2.75, 3.05) is 0 Å². The third kappa shape index (κ3) is 2.79. The summed E-state index contributed by atoms with van der Waals surface area (Å²) in [5, 5.41) is 14.7. The van der Waals surface area contributed by atoms with Gasteiger partial charge in [0.05, 0.1) is 0 Å². The number of fused-ring (bicyclic) bond motifs is 1. The molecule has 0 amide bonds. The van der Waals surface area contributed by atoms with Gasteiger partial charge in [-0.25, -0.2) is 4.74 Å². The molecule has 3 rings (SSSR count). The molecule has 104 valence electrons. The highest BCUT2D eigenvalue weighted by Gasteiger charge is 2.15. The van der Waals surface area contributed by atoms with Crippen molar-refractivity contribution in [1.29, 1.82) is 0 Å². The van der Waals surface area contributed by atoms with Crippen molar-refractivity contribution in [3.8, 4) is 0 Å². The molecule has 0 aliphatic rings. The van der Waals surface area contributed by atoms with Crippen LogP contribution < -0.4 is 0 Å². The summed E-state index contributed by atoms with van der Waals surface area (Å²) in [6.45, 7) is 1.94. The number of hydrogen-bond donors (Lipinski definition) is 0. The first-order chi connectivity index (χ1) is 10.3. The average molecular weight is 275 g/mol. The van der Waals surface area contributed by atoms with Crippen LogP contribution >= 0.6 is 0 Å². The molecule has 0 aliphatic heterocycles. The summed E-state index contributed by atoms with van der Waals surface area (Å²) in [5.74, 6) is 0. The molecule has 21 heavy (non-hydrogen) atoms. The van der Waals surface area contributed by atoms with Crippen LogP contribution in [0.15, 0.2) is 72.8 Å². The van der Waals surface area contributed by atoms with Crippen LogP contribution in [0.3, 0.4) is 0 Å². The third-order valence-electron chi connectivity index (χ3n) is 3.73. The highest BCUT2D eigenvalue weighted by Crippen LogP contribution is 2.25. The molecule has 3 aromatic carbocycles. The normalized spacial score (nSPS) is 13.3.